The van der Waals surface area contributed by atoms with Gasteiger partial charge in [-0.05, 0) is 36.7 Å². The molecule has 0 unspecified atom stereocenters. The summed E-state index contributed by atoms with van der Waals surface area (Å²) in [6.07, 6.45) is 2.44. The summed E-state index contributed by atoms with van der Waals surface area (Å²) in [5, 5.41) is 4.10. The first kappa shape index (κ1) is 9.45. The smallest absolute Gasteiger partial charge is 0.169 e. The third-order valence-corrected chi connectivity index (χ3v) is 2.12. The molecule has 0 atom stereocenters. The maximum absolute atomic E-state index is 10.7. The number of aldehydes is 1. The summed E-state index contributed by atoms with van der Waals surface area (Å²) in [6.45, 7) is 6.00. The fourth-order valence-electron chi connectivity index (χ4n) is 0.979. The highest BCUT2D eigenvalue weighted by Gasteiger charge is 2.19. The van der Waals surface area contributed by atoms with E-state index in [1.807, 2.05) is 20.8 Å². The van der Waals surface area contributed by atoms with E-state index in [1.54, 1.807) is 10.9 Å². The first-order chi connectivity index (χ1) is 5.46. The fraction of sp³-hybridized carbons (Fsp3) is 0.500. The van der Waals surface area contributed by atoms with E-state index in [4.69, 9.17) is 0 Å². The quantitative estimate of drug-likeness (QED) is 0.694. The molecule has 12 heavy (non-hydrogen) atoms. The van der Waals surface area contributed by atoms with Gasteiger partial charge in [-0.3, -0.25) is 9.48 Å². The molecule has 1 heterocycles. The molecule has 0 saturated heterocycles. The van der Waals surface area contributed by atoms with Crippen molar-refractivity contribution in [2.24, 2.45) is 0 Å². The molecule has 0 aromatic carbocycles. The average Bonchev–Trinajstić information content (AvgIpc) is 2.29. The van der Waals surface area contributed by atoms with Crippen LogP contribution in [0.3, 0.4) is 0 Å². The summed E-state index contributed by atoms with van der Waals surface area (Å²) < 4.78 is 2.44. The Kier molecular flexibility index (Phi) is 2.37. The van der Waals surface area contributed by atoms with E-state index in [0.717, 1.165) is 10.8 Å². The molecule has 3 nitrogen and oxygen atoms in total. The van der Waals surface area contributed by atoms with E-state index in [9.17, 15) is 4.79 Å². The number of carbonyl (C=O) groups excluding carboxylic acids is 1. The Hall–Kier alpha value is -0.640. The van der Waals surface area contributed by atoms with Gasteiger partial charge in [0.15, 0.2) is 6.29 Å². The maximum Gasteiger partial charge on any atom is 0.169 e. The monoisotopic (exact) mass is 230 g/mol. The van der Waals surface area contributed by atoms with Gasteiger partial charge in [0.1, 0.15) is 5.69 Å². The summed E-state index contributed by atoms with van der Waals surface area (Å²) >= 11 is 3.26. The van der Waals surface area contributed by atoms with Crippen LogP contribution in [0.4, 0.5) is 0 Å². The summed E-state index contributed by atoms with van der Waals surface area (Å²) in [5.74, 6) is 0. The Balaban J connectivity index is 3.25. The lowest BCUT2D eigenvalue weighted by atomic mass is 10.1. The molecule has 0 radical (unpaired) electrons. The summed E-state index contributed by atoms with van der Waals surface area (Å²) in [5.41, 5.74) is 0.435. The minimum Gasteiger partial charge on any atom is -0.296 e. The van der Waals surface area contributed by atoms with Crippen LogP contribution in [0.25, 0.3) is 0 Å². The summed E-state index contributed by atoms with van der Waals surface area (Å²) in [4.78, 5) is 10.7. The van der Waals surface area contributed by atoms with E-state index in [1.165, 1.54) is 0 Å². The largest absolute Gasteiger partial charge is 0.296 e. The highest BCUT2D eigenvalue weighted by Crippen LogP contribution is 2.20. The first-order valence-electron chi connectivity index (χ1n) is 3.66. The van der Waals surface area contributed by atoms with E-state index in [2.05, 4.69) is 21.0 Å². The maximum atomic E-state index is 10.7. The van der Waals surface area contributed by atoms with Crippen molar-refractivity contribution in [2.45, 2.75) is 26.3 Å². The zero-order chi connectivity index (χ0) is 9.35. The van der Waals surface area contributed by atoms with Gasteiger partial charge >= 0.3 is 0 Å². The number of halogens is 1. The van der Waals surface area contributed by atoms with Gasteiger partial charge in [0.25, 0.3) is 0 Å². The van der Waals surface area contributed by atoms with Crippen molar-refractivity contribution in [1.29, 1.82) is 0 Å². The number of carbonyl (C=O) groups is 1. The zero-order valence-corrected chi connectivity index (χ0v) is 8.92. The topological polar surface area (TPSA) is 34.9 Å². The predicted molar refractivity (Wildman–Crippen MR) is 50.3 cm³/mol. The molecular weight excluding hydrogens is 220 g/mol. The van der Waals surface area contributed by atoms with Crippen LogP contribution in [-0.2, 0) is 5.54 Å². The van der Waals surface area contributed by atoms with Gasteiger partial charge in [-0.15, -0.1) is 0 Å². The SMILES string of the molecule is CC(C)(C)n1ncc(Br)c1C=O. The summed E-state index contributed by atoms with van der Waals surface area (Å²) in [7, 11) is 0. The third kappa shape index (κ3) is 1.58. The number of hydrogen-bond acceptors (Lipinski definition) is 2. The molecule has 0 spiro atoms. The molecular formula is C8H11BrN2O. The van der Waals surface area contributed by atoms with Crippen molar-refractivity contribution in [2.75, 3.05) is 0 Å². The van der Waals surface area contributed by atoms with Crippen LogP contribution in [0.15, 0.2) is 10.7 Å². The Bertz CT molecular complexity index is 298. The lowest BCUT2D eigenvalue weighted by Gasteiger charge is -2.20. The third-order valence-electron chi connectivity index (χ3n) is 1.51. The molecule has 0 bridgehead atoms. The van der Waals surface area contributed by atoms with Gasteiger partial charge in [-0.25, -0.2) is 0 Å². The minimum atomic E-state index is -0.151. The average molecular weight is 231 g/mol. The van der Waals surface area contributed by atoms with Gasteiger partial charge in [0, 0.05) is 0 Å². The summed E-state index contributed by atoms with van der Waals surface area (Å²) in [6, 6.07) is 0. The molecule has 0 saturated carbocycles. The predicted octanol–water partition coefficient (Wildman–Crippen LogP) is 2.21. The molecule has 0 aliphatic carbocycles. The van der Waals surface area contributed by atoms with Crippen LogP contribution in [0, 0.1) is 0 Å². The molecule has 1 rings (SSSR count). The molecule has 0 amide bonds. The van der Waals surface area contributed by atoms with Gasteiger partial charge in [0.2, 0.25) is 0 Å². The molecule has 4 heteroatoms. The van der Waals surface area contributed by atoms with Crippen molar-refractivity contribution in [3.8, 4) is 0 Å². The number of aromatic nitrogens is 2. The normalized spacial score (nSPS) is 11.7. The number of rotatable bonds is 1. The van der Waals surface area contributed by atoms with Crippen LogP contribution in [0.1, 0.15) is 31.3 Å². The van der Waals surface area contributed by atoms with Gasteiger partial charge in [-0.2, -0.15) is 5.10 Å². The van der Waals surface area contributed by atoms with E-state index < -0.39 is 0 Å². The van der Waals surface area contributed by atoms with Crippen LogP contribution in [0.2, 0.25) is 0 Å². The lowest BCUT2D eigenvalue weighted by Crippen LogP contribution is -2.25. The zero-order valence-electron chi connectivity index (χ0n) is 7.34. The molecule has 0 aliphatic rings. The highest BCUT2D eigenvalue weighted by atomic mass is 79.9. The van der Waals surface area contributed by atoms with Crippen LogP contribution >= 0.6 is 15.9 Å². The lowest BCUT2D eigenvalue weighted by molar-refractivity contribution is 0.110. The second kappa shape index (κ2) is 3.01. The number of nitrogens with zero attached hydrogens (tertiary/aromatic N) is 2. The van der Waals surface area contributed by atoms with E-state index >= 15 is 0 Å². The number of hydrogen-bond donors (Lipinski definition) is 0. The van der Waals surface area contributed by atoms with Crippen LogP contribution in [-0.4, -0.2) is 16.1 Å². The van der Waals surface area contributed by atoms with Crippen LogP contribution < -0.4 is 0 Å². The highest BCUT2D eigenvalue weighted by molar-refractivity contribution is 9.10. The first-order valence-corrected chi connectivity index (χ1v) is 4.45. The Morgan fingerprint density at radius 1 is 1.58 bits per heavy atom. The molecule has 1 aromatic heterocycles. The fourth-order valence-corrected chi connectivity index (χ4v) is 1.33. The van der Waals surface area contributed by atoms with Crippen molar-refractivity contribution in [1.82, 2.24) is 9.78 Å². The van der Waals surface area contributed by atoms with Gasteiger partial charge in [0.05, 0.1) is 16.2 Å². The van der Waals surface area contributed by atoms with Crippen LogP contribution in [0.5, 0.6) is 0 Å². The van der Waals surface area contributed by atoms with E-state index in [0.29, 0.717) is 5.69 Å². The molecule has 0 fully saturated rings. The Morgan fingerprint density at radius 3 is 2.50 bits per heavy atom. The van der Waals surface area contributed by atoms with Gasteiger partial charge in [-0.1, -0.05) is 0 Å². The second-order valence-corrected chi connectivity index (χ2v) is 4.43. The van der Waals surface area contributed by atoms with Crippen molar-refractivity contribution in [3.63, 3.8) is 0 Å². The van der Waals surface area contributed by atoms with Crippen molar-refractivity contribution in [3.05, 3.63) is 16.4 Å². The molecule has 0 aliphatic heterocycles. The second-order valence-electron chi connectivity index (χ2n) is 3.58. The molecule has 66 valence electrons. The van der Waals surface area contributed by atoms with Crippen molar-refractivity contribution >= 4 is 22.2 Å². The Morgan fingerprint density at radius 2 is 2.17 bits per heavy atom. The minimum absolute atomic E-state index is 0.151. The molecule has 0 N–H and O–H groups in total. The Labute approximate surface area is 79.9 Å². The van der Waals surface area contributed by atoms with E-state index in [-0.39, 0.29) is 5.54 Å². The van der Waals surface area contributed by atoms with Gasteiger partial charge < -0.3 is 0 Å². The van der Waals surface area contributed by atoms with Crippen molar-refractivity contribution < 1.29 is 4.79 Å². The standard InChI is InChI=1S/C8H11BrN2O/c1-8(2,3)11-7(5-12)6(9)4-10-11/h4-5H,1-3H3. The molecule has 1 aromatic rings.